The average Bonchev–Trinajstić information content (AvgIpc) is 2.40. The molecule has 0 amide bonds. The highest BCUT2D eigenvalue weighted by Crippen LogP contribution is 2.28. The minimum Gasteiger partial charge on any atom is -0.506 e. The standard InChI is InChI=1S/C15H13ClN2O/c1-10-4-2-7-14(12(10)8-17)18-9-11-5-3-6-13(16)15(11)19/h2-7,18-19H,9H2,1H3. The molecule has 0 aliphatic rings. The number of para-hydroxylation sites is 1. The second kappa shape index (κ2) is 5.64. The summed E-state index contributed by atoms with van der Waals surface area (Å²) in [6.45, 7) is 2.30. The van der Waals surface area contributed by atoms with Crippen LogP contribution in [0, 0.1) is 18.3 Å². The lowest BCUT2D eigenvalue weighted by Gasteiger charge is -2.11. The summed E-state index contributed by atoms with van der Waals surface area (Å²) >= 11 is 5.85. The highest BCUT2D eigenvalue weighted by atomic mass is 35.5. The van der Waals surface area contributed by atoms with Crippen molar-refractivity contribution in [3.05, 3.63) is 58.1 Å². The van der Waals surface area contributed by atoms with E-state index in [0.29, 0.717) is 22.7 Å². The van der Waals surface area contributed by atoms with Crippen molar-refractivity contribution >= 4 is 17.3 Å². The molecule has 0 unspecified atom stereocenters. The Morgan fingerprint density at radius 2 is 2.00 bits per heavy atom. The van der Waals surface area contributed by atoms with Crippen molar-refractivity contribution < 1.29 is 5.11 Å². The van der Waals surface area contributed by atoms with Crippen LogP contribution in [0.15, 0.2) is 36.4 Å². The highest BCUT2D eigenvalue weighted by Gasteiger charge is 2.07. The van der Waals surface area contributed by atoms with Crippen LogP contribution in [0.4, 0.5) is 5.69 Å². The number of nitrogens with zero attached hydrogens (tertiary/aromatic N) is 1. The third kappa shape index (κ3) is 2.81. The second-order valence-corrected chi connectivity index (χ2v) is 4.62. The van der Waals surface area contributed by atoms with Crippen molar-refractivity contribution in [2.24, 2.45) is 0 Å². The molecule has 2 aromatic rings. The van der Waals surface area contributed by atoms with Gasteiger partial charge in [-0.15, -0.1) is 0 Å². The predicted octanol–water partition coefficient (Wildman–Crippen LogP) is 3.84. The van der Waals surface area contributed by atoms with E-state index in [0.717, 1.165) is 11.3 Å². The molecular weight excluding hydrogens is 260 g/mol. The number of halogens is 1. The molecule has 0 aromatic heterocycles. The molecule has 0 bridgehead atoms. The van der Waals surface area contributed by atoms with Gasteiger partial charge in [-0.3, -0.25) is 0 Å². The van der Waals surface area contributed by atoms with Crippen LogP contribution < -0.4 is 5.32 Å². The Hall–Kier alpha value is -2.18. The van der Waals surface area contributed by atoms with Crippen molar-refractivity contribution in [3.63, 3.8) is 0 Å². The van der Waals surface area contributed by atoms with Crippen molar-refractivity contribution in [1.29, 1.82) is 5.26 Å². The maximum Gasteiger partial charge on any atom is 0.139 e. The van der Waals surface area contributed by atoms with Crippen LogP contribution >= 0.6 is 11.6 Å². The number of nitriles is 1. The fourth-order valence-electron chi connectivity index (χ4n) is 1.86. The zero-order valence-electron chi connectivity index (χ0n) is 10.4. The largest absolute Gasteiger partial charge is 0.506 e. The third-order valence-corrected chi connectivity index (χ3v) is 3.23. The summed E-state index contributed by atoms with van der Waals surface area (Å²) in [5.74, 6) is 0.0721. The molecule has 19 heavy (non-hydrogen) atoms. The molecule has 0 aliphatic heterocycles. The van der Waals surface area contributed by atoms with Crippen molar-refractivity contribution in [1.82, 2.24) is 0 Å². The number of aromatic hydroxyl groups is 1. The van der Waals surface area contributed by atoms with Gasteiger partial charge in [0.1, 0.15) is 11.8 Å². The second-order valence-electron chi connectivity index (χ2n) is 4.21. The lowest BCUT2D eigenvalue weighted by Crippen LogP contribution is -2.02. The minimum atomic E-state index is 0.0721. The first-order valence-corrected chi connectivity index (χ1v) is 6.21. The number of benzene rings is 2. The Balaban J connectivity index is 2.22. The van der Waals surface area contributed by atoms with E-state index in [9.17, 15) is 5.11 Å². The van der Waals surface area contributed by atoms with Crippen LogP contribution in [0.2, 0.25) is 5.02 Å². The molecule has 0 saturated heterocycles. The first-order valence-electron chi connectivity index (χ1n) is 5.83. The molecule has 2 rings (SSSR count). The summed E-state index contributed by atoms with van der Waals surface area (Å²) in [6, 6.07) is 13.0. The molecular formula is C15H13ClN2O. The molecule has 0 atom stereocenters. The van der Waals surface area contributed by atoms with E-state index in [1.54, 1.807) is 18.2 Å². The van der Waals surface area contributed by atoms with Gasteiger partial charge in [-0.2, -0.15) is 5.26 Å². The first kappa shape index (κ1) is 13.3. The van der Waals surface area contributed by atoms with E-state index in [1.165, 1.54) is 0 Å². The van der Waals surface area contributed by atoms with Gasteiger partial charge < -0.3 is 10.4 Å². The zero-order chi connectivity index (χ0) is 13.8. The smallest absolute Gasteiger partial charge is 0.139 e. The lowest BCUT2D eigenvalue weighted by atomic mass is 10.1. The third-order valence-electron chi connectivity index (χ3n) is 2.92. The van der Waals surface area contributed by atoms with Gasteiger partial charge >= 0.3 is 0 Å². The molecule has 2 N–H and O–H groups in total. The molecule has 0 fully saturated rings. The van der Waals surface area contributed by atoms with Gasteiger partial charge in [-0.1, -0.05) is 35.9 Å². The van der Waals surface area contributed by atoms with E-state index in [-0.39, 0.29) is 5.75 Å². The lowest BCUT2D eigenvalue weighted by molar-refractivity contribution is 0.469. The van der Waals surface area contributed by atoms with E-state index in [4.69, 9.17) is 16.9 Å². The molecule has 0 radical (unpaired) electrons. The average molecular weight is 273 g/mol. The Morgan fingerprint density at radius 1 is 1.26 bits per heavy atom. The number of nitrogens with one attached hydrogen (secondary N) is 1. The minimum absolute atomic E-state index is 0.0721. The van der Waals surface area contributed by atoms with Gasteiger partial charge in [-0.05, 0) is 24.6 Å². The number of aryl methyl sites for hydroxylation is 1. The Labute approximate surface area is 117 Å². The van der Waals surface area contributed by atoms with E-state index < -0.39 is 0 Å². The summed E-state index contributed by atoms with van der Waals surface area (Å²) in [7, 11) is 0. The summed E-state index contributed by atoms with van der Waals surface area (Å²) in [4.78, 5) is 0. The molecule has 4 heteroatoms. The van der Waals surface area contributed by atoms with Gasteiger partial charge in [0, 0.05) is 12.1 Å². The van der Waals surface area contributed by atoms with E-state index >= 15 is 0 Å². The molecule has 96 valence electrons. The molecule has 0 heterocycles. The number of phenolic OH excluding ortho intramolecular Hbond substituents is 1. The fraction of sp³-hybridized carbons (Fsp3) is 0.133. The maximum atomic E-state index is 9.82. The Bertz CT molecular complexity index is 647. The highest BCUT2D eigenvalue weighted by molar-refractivity contribution is 6.32. The summed E-state index contributed by atoms with van der Waals surface area (Å²) in [5, 5.41) is 22.4. The van der Waals surface area contributed by atoms with Gasteiger partial charge in [0.25, 0.3) is 0 Å². The molecule has 0 saturated carbocycles. The Kier molecular flexibility index (Phi) is 3.94. The summed E-state index contributed by atoms with van der Waals surface area (Å²) < 4.78 is 0. The number of anilines is 1. The first-order chi connectivity index (χ1) is 9.13. The number of hydrogen-bond donors (Lipinski definition) is 2. The SMILES string of the molecule is Cc1cccc(NCc2cccc(Cl)c2O)c1C#N. The van der Waals surface area contributed by atoms with Gasteiger partial charge in [0.15, 0.2) is 0 Å². The van der Waals surface area contributed by atoms with Gasteiger partial charge in [0.05, 0.1) is 16.3 Å². The van der Waals surface area contributed by atoms with Crippen LogP contribution in [0.3, 0.4) is 0 Å². The van der Waals surface area contributed by atoms with Crippen LogP contribution in [0.25, 0.3) is 0 Å². The fourth-order valence-corrected chi connectivity index (χ4v) is 2.05. The van der Waals surface area contributed by atoms with E-state index in [1.807, 2.05) is 25.1 Å². The Morgan fingerprint density at radius 3 is 2.74 bits per heavy atom. The van der Waals surface area contributed by atoms with Gasteiger partial charge in [-0.25, -0.2) is 0 Å². The monoisotopic (exact) mass is 272 g/mol. The number of phenols is 1. The van der Waals surface area contributed by atoms with Crippen molar-refractivity contribution in [3.8, 4) is 11.8 Å². The van der Waals surface area contributed by atoms with Crippen molar-refractivity contribution in [2.45, 2.75) is 13.5 Å². The summed E-state index contributed by atoms with van der Waals surface area (Å²) in [5.41, 5.74) is 2.98. The topological polar surface area (TPSA) is 56.0 Å². The summed E-state index contributed by atoms with van der Waals surface area (Å²) in [6.07, 6.45) is 0. The maximum absolute atomic E-state index is 9.82. The van der Waals surface area contributed by atoms with Crippen molar-refractivity contribution in [2.75, 3.05) is 5.32 Å². The molecule has 2 aromatic carbocycles. The van der Waals surface area contributed by atoms with Crippen LogP contribution in [-0.2, 0) is 6.54 Å². The molecule has 3 nitrogen and oxygen atoms in total. The van der Waals surface area contributed by atoms with Crippen LogP contribution in [0.1, 0.15) is 16.7 Å². The van der Waals surface area contributed by atoms with Gasteiger partial charge in [0.2, 0.25) is 0 Å². The molecule has 0 aliphatic carbocycles. The van der Waals surface area contributed by atoms with Crippen LogP contribution in [-0.4, -0.2) is 5.11 Å². The van der Waals surface area contributed by atoms with E-state index in [2.05, 4.69) is 11.4 Å². The predicted molar refractivity (Wildman–Crippen MR) is 76.3 cm³/mol. The zero-order valence-corrected chi connectivity index (χ0v) is 11.2. The van der Waals surface area contributed by atoms with Crippen LogP contribution in [0.5, 0.6) is 5.75 Å². The number of rotatable bonds is 3. The quantitative estimate of drug-likeness (QED) is 0.893. The normalized spacial score (nSPS) is 9.95. The number of hydrogen-bond acceptors (Lipinski definition) is 3. The molecule has 0 spiro atoms.